The largest absolute Gasteiger partial charge is 1.00 e. The van der Waals surface area contributed by atoms with Crippen molar-refractivity contribution in [1.29, 1.82) is 0 Å². The van der Waals surface area contributed by atoms with Gasteiger partial charge < -0.3 is 20.8 Å². The minimum Gasteiger partial charge on any atom is -0.875 e. The summed E-state index contributed by atoms with van der Waals surface area (Å²) in [4.78, 5) is 10.4. The Labute approximate surface area is 145 Å². The van der Waals surface area contributed by atoms with Gasteiger partial charge in [0.25, 0.3) is 0 Å². The SMILES string of the molecule is CCC/C=C(\[O-])CNCCNC(C)C(=O)O.[K+]. The van der Waals surface area contributed by atoms with E-state index in [1.807, 2.05) is 6.92 Å². The number of carboxylic acids is 1. The van der Waals surface area contributed by atoms with E-state index in [2.05, 4.69) is 10.6 Å². The smallest absolute Gasteiger partial charge is 0.875 e. The Morgan fingerprint density at radius 3 is 2.65 bits per heavy atom. The van der Waals surface area contributed by atoms with Crippen LogP contribution in [0.1, 0.15) is 26.7 Å². The topological polar surface area (TPSA) is 84.4 Å². The van der Waals surface area contributed by atoms with Crippen molar-refractivity contribution in [1.82, 2.24) is 10.6 Å². The Morgan fingerprint density at radius 2 is 2.12 bits per heavy atom. The molecule has 6 heteroatoms. The number of rotatable bonds is 9. The zero-order valence-electron chi connectivity index (χ0n) is 11.0. The van der Waals surface area contributed by atoms with Crippen LogP contribution < -0.4 is 67.1 Å². The van der Waals surface area contributed by atoms with Crippen LogP contribution in [0, 0.1) is 0 Å². The summed E-state index contributed by atoms with van der Waals surface area (Å²) in [7, 11) is 0. The van der Waals surface area contributed by atoms with Gasteiger partial charge in [-0.2, -0.15) is 0 Å². The number of aliphatic carboxylic acids is 1. The zero-order valence-corrected chi connectivity index (χ0v) is 14.1. The molecule has 0 bridgehead atoms. The monoisotopic (exact) mass is 268 g/mol. The molecule has 0 aromatic carbocycles. The predicted octanol–water partition coefficient (Wildman–Crippen LogP) is -3.31. The van der Waals surface area contributed by atoms with E-state index < -0.39 is 12.0 Å². The molecule has 0 aromatic heterocycles. The fraction of sp³-hybridized carbons (Fsp3) is 0.727. The van der Waals surface area contributed by atoms with Crippen LogP contribution in [0.5, 0.6) is 0 Å². The molecule has 0 aliphatic rings. The number of nitrogens with one attached hydrogen (secondary N) is 2. The number of allylic oxidation sites excluding steroid dienone is 1. The predicted molar refractivity (Wildman–Crippen MR) is 61.0 cm³/mol. The fourth-order valence-corrected chi connectivity index (χ4v) is 1.05. The van der Waals surface area contributed by atoms with Crippen molar-refractivity contribution in [2.75, 3.05) is 19.6 Å². The summed E-state index contributed by atoms with van der Waals surface area (Å²) in [5.74, 6) is -0.777. The summed E-state index contributed by atoms with van der Waals surface area (Å²) in [5, 5.41) is 25.5. The Morgan fingerprint density at radius 1 is 1.47 bits per heavy atom. The molecule has 0 aliphatic heterocycles. The molecule has 94 valence electrons. The van der Waals surface area contributed by atoms with Crippen molar-refractivity contribution >= 4 is 5.97 Å². The minimum absolute atomic E-state index is 0. The molecule has 0 aromatic rings. The molecule has 0 saturated heterocycles. The summed E-state index contributed by atoms with van der Waals surface area (Å²) in [6.07, 6.45) is 3.47. The van der Waals surface area contributed by atoms with Gasteiger partial charge in [0.1, 0.15) is 6.04 Å². The van der Waals surface area contributed by atoms with E-state index in [0.717, 1.165) is 12.8 Å². The molecular formula is C11H21KN2O3. The number of carbonyl (C=O) groups is 1. The molecule has 0 fully saturated rings. The van der Waals surface area contributed by atoms with E-state index in [9.17, 15) is 9.90 Å². The molecule has 0 heterocycles. The van der Waals surface area contributed by atoms with Crippen LogP contribution in [0.25, 0.3) is 0 Å². The molecule has 5 nitrogen and oxygen atoms in total. The second kappa shape index (κ2) is 13.0. The van der Waals surface area contributed by atoms with E-state index in [4.69, 9.17) is 5.11 Å². The number of hydrogen-bond donors (Lipinski definition) is 3. The Kier molecular flexibility index (Phi) is 15.2. The van der Waals surface area contributed by atoms with Crippen LogP contribution in [0.4, 0.5) is 0 Å². The third kappa shape index (κ3) is 12.8. The summed E-state index contributed by atoms with van der Waals surface area (Å²) in [6, 6.07) is -0.552. The molecule has 0 saturated carbocycles. The van der Waals surface area contributed by atoms with E-state index >= 15 is 0 Å². The van der Waals surface area contributed by atoms with Gasteiger partial charge in [-0.1, -0.05) is 19.4 Å². The quantitative estimate of drug-likeness (QED) is 0.232. The van der Waals surface area contributed by atoms with Gasteiger partial charge in [0.05, 0.1) is 0 Å². The van der Waals surface area contributed by atoms with Crippen LogP contribution >= 0.6 is 0 Å². The number of carboxylic acid groups (broad SMARTS) is 1. The van der Waals surface area contributed by atoms with E-state index in [-0.39, 0.29) is 57.1 Å². The van der Waals surface area contributed by atoms with Gasteiger partial charge >= 0.3 is 57.4 Å². The molecule has 0 amide bonds. The van der Waals surface area contributed by atoms with Crippen LogP contribution in [0.15, 0.2) is 11.8 Å². The van der Waals surface area contributed by atoms with Gasteiger partial charge in [0, 0.05) is 19.6 Å². The summed E-state index contributed by atoms with van der Waals surface area (Å²) in [5.41, 5.74) is 0. The van der Waals surface area contributed by atoms with Crippen molar-refractivity contribution in [3.05, 3.63) is 11.8 Å². The number of unbranched alkanes of at least 4 members (excludes halogenated alkanes) is 1. The molecular weight excluding hydrogens is 247 g/mol. The summed E-state index contributed by atoms with van der Waals surface area (Å²) < 4.78 is 0. The first-order valence-corrected chi connectivity index (χ1v) is 5.60. The standard InChI is InChI=1S/C11H22N2O3.K/c1-3-4-5-10(14)8-12-6-7-13-9(2)11(15)16;/h5,9,12-14H,3-4,6-8H2,1-2H3,(H,15,16);/q;+1/p-1/b10-5-;. The van der Waals surface area contributed by atoms with E-state index in [1.54, 1.807) is 13.0 Å². The second-order valence-corrected chi connectivity index (χ2v) is 3.65. The minimum atomic E-state index is -0.868. The summed E-state index contributed by atoms with van der Waals surface area (Å²) >= 11 is 0. The first-order chi connectivity index (χ1) is 7.57. The molecule has 17 heavy (non-hydrogen) atoms. The van der Waals surface area contributed by atoms with Gasteiger partial charge in [-0.3, -0.25) is 4.79 Å². The second-order valence-electron chi connectivity index (χ2n) is 3.65. The molecule has 1 unspecified atom stereocenters. The van der Waals surface area contributed by atoms with E-state index in [1.165, 1.54) is 0 Å². The maximum absolute atomic E-state index is 11.2. The third-order valence-corrected chi connectivity index (χ3v) is 2.08. The number of hydrogen-bond acceptors (Lipinski definition) is 4. The normalized spacial score (nSPS) is 12.9. The van der Waals surface area contributed by atoms with Crippen molar-refractivity contribution in [3.8, 4) is 0 Å². The zero-order chi connectivity index (χ0) is 12.4. The fourth-order valence-electron chi connectivity index (χ4n) is 1.05. The van der Waals surface area contributed by atoms with Crippen LogP contribution in [-0.4, -0.2) is 36.8 Å². The maximum Gasteiger partial charge on any atom is 1.00 e. The summed E-state index contributed by atoms with van der Waals surface area (Å²) in [6.45, 7) is 5.05. The van der Waals surface area contributed by atoms with Crippen LogP contribution in [-0.2, 0) is 4.79 Å². The molecule has 0 rings (SSSR count). The van der Waals surface area contributed by atoms with Gasteiger partial charge in [0.15, 0.2) is 0 Å². The maximum atomic E-state index is 11.2. The molecule has 0 aliphatic carbocycles. The third-order valence-electron chi connectivity index (χ3n) is 2.08. The Hall–Kier alpha value is 0.566. The van der Waals surface area contributed by atoms with Crippen molar-refractivity contribution in [2.45, 2.75) is 32.7 Å². The molecule has 3 N–H and O–H groups in total. The molecule has 1 atom stereocenters. The van der Waals surface area contributed by atoms with Crippen molar-refractivity contribution in [2.24, 2.45) is 0 Å². The molecule has 0 radical (unpaired) electrons. The van der Waals surface area contributed by atoms with Gasteiger partial charge in [-0.25, -0.2) is 0 Å². The average molecular weight is 268 g/mol. The van der Waals surface area contributed by atoms with Crippen LogP contribution in [0.3, 0.4) is 0 Å². The van der Waals surface area contributed by atoms with E-state index in [0.29, 0.717) is 19.6 Å². The van der Waals surface area contributed by atoms with Gasteiger partial charge in [-0.15, -0.1) is 5.76 Å². The van der Waals surface area contributed by atoms with Crippen LogP contribution in [0.2, 0.25) is 0 Å². The Balaban J connectivity index is 0. The Bertz CT molecular complexity index is 235. The van der Waals surface area contributed by atoms with Gasteiger partial charge in [0.2, 0.25) is 0 Å². The molecule has 0 spiro atoms. The van der Waals surface area contributed by atoms with Crippen molar-refractivity contribution in [3.63, 3.8) is 0 Å². The van der Waals surface area contributed by atoms with Gasteiger partial charge in [-0.05, 0) is 13.3 Å². The average Bonchev–Trinajstić information content (AvgIpc) is 2.25. The first-order valence-electron chi connectivity index (χ1n) is 5.60. The first kappa shape index (κ1) is 19.9. The van der Waals surface area contributed by atoms with Crippen molar-refractivity contribution < 1.29 is 66.4 Å².